The van der Waals surface area contributed by atoms with Gasteiger partial charge >= 0.3 is 0 Å². The highest BCUT2D eigenvalue weighted by molar-refractivity contribution is 5.58. The number of hydrogen-bond acceptors (Lipinski definition) is 3. The number of methoxy groups -OCH3 is 2. The van der Waals surface area contributed by atoms with Crippen molar-refractivity contribution in [3.8, 4) is 11.5 Å². The molecule has 1 aliphatic carbocycles. The van der Waals surface area contributed by atoms with E-state index in [1.54, 1.807) is 14.2 Å². The van der Waals surface area contributed by atoms with E-state index in [0.717, 1.165) is 35.5 Å². The van der Waals surface area contributed by atoms with Crippen LogP contribution in [0.5, 0.6) is 11.5 Å². The molecule has 0 atom stereocenters. The molecule has 1 aliphatic rings. The number of nitrogens with two attached hydrogens (primary N) is 1. The lowest BCUT2D eigenvalue weighted by atomic mass is 9.95. The summed E-state index contributed by atoms with van der Waals surface area (Å²) in [5.74, 6) is 1.61. The molecule has 0 radical (unpaired) electrons. The molecule has 0 unspecified atom stereocenters. The van der Waals surface area contributed by atoms with Crippen LogP contribution in [-0.2, 0) is 5.54 Å². The molecule has 1 aromatic carbocycles. The molecule has 16 heavy (non-hydrogen) atoms. The average molecular weight is 221 g/mol. The van der Waals surface area contributed by atoms with Crippen molar-refractivity contribution in [3.63, 3.8) is 0 Å². The second-order valence-corrected chi connectivity index (χ2v) is 4.61. The van der Waals surface area contributed by atoms with E-state index in [4.69, 9.17) is 15.2 Å². The van der Waals surface area contributed by atoms with Gasteiger partial charge in [-0.25, -0.2) is 0 Å². The van der Waals surface area contributed by atoms with Gasteiger partial charge in [-0.1, -0.05) is 6.07 Å². The van der Waals surface area contributed by atoms with Gasteiger partial charge in [-0.2, -0.15) is 0 Å². The maximum absolute atomic E-state index is 6.28. The normalized spacial score (nSPS) is 17.1. The van der Waals surface area contributed by atoms with Crippen molar-refractivity contribution in [2.45, 2.75) is 32.2 Å². The highest BCUT2D eigenvalue weighted by atomic mass is 16.5. The Labute approximate surface area is 96.5 Å². The van der Waals surface area contributed by atoms with Crippen LogP contribution < -0.4 is 15.2 Å². The summed E-state index contributed by atoms with van der Waals surface area (Å²) >= 11 is 0. The van der Waals surface area contributed by atoms with Crippen LogP contribution >= 0.6 is 0 Å². The maximum Gasteiger partial charge on any atom is 0.166 e. The molecule has 3 heteroatoms. The number of hydrogen-bond donors (Lipinski definition) is 1. The van der Waals surface area contributed by atoms with Crippen LogP contribution in [0, 0.1) is 13.8 Å². The van der Waals surface area contributed by atoms with Gasteiger partial charge in [0, 0.05) is 11.1 Å². The van der Waals surface area contributed by atoms with E-state index in [2.05, 4.69) is 13.0 Å². The van der Waals surface area contributed by atoms with Gasteiger partial charge in [0.05, 0.1) is 14.2 Å². The second-order valence-electron chi connectivity index (χ2n) is 4.61. The van der Waals surface area contributed by atoms with E-state index in [1.165, 1.54) is 5.56 Å². The van der Waals surface area contributed by atoms with Gasteiger partial charge in [0.2, 0.25) is 0 Å². The van der Waals surface area contributed by atoms with Crippen LogP contribution in [0.15, 0.2) is 6.07 Å². The molecule has 0 saturated heterocycles. The Hall–Kier alpha value is -1.22. The minimum Gasteiger partial charge on any atom is -0.493 e. The van der Waals surface area contributed by atoms with Crippen molar-refractivity contribution < 1.29 is 9.47 Å². The third kappa shape index (κ3) is 1.55. The molecule has 0 bridgehead atoms. The van der Waals surface area contributed by atoms with Crippen LogP contribution in [-0.4, -0.2) is 14.2 Å². The number of benzene rings is 1. The van der Waals surface area contributed by atoms with Gasteiger partial charge in [-0.3, -0.25) is 0 Å². The first kappa shape index (κ1) is 11.3. The van der Waals surface area contributed by atoms with Crippen LogP contribution in [0.1, 0.15) is 29.5 Å². The zero-order valence-corrected chi connectivity index (χ0v) is 10.4. The Morgan fingerprint density at radius 1 is 1.06 bits per heavy atom. The Morgan fingerprint density at radius 2 is 1.62 bits per heavy atom. The predicted molar refractivity (Wildman–Crippen MR) is 64.1 cm³/mol. The van der Waals surface area contributed by atoms with Crippen molar-refractivity contribution in [3.05, 3.63) is 22.8 Å². The second kappa shape index (κ2) is 3.67. The van der Waals surface area contributed by atoms with E-state index in [-0.39, 0.29) is 5.54 Å². The third-order valence-corrected chi connectivity index (χ3v) is 3.31. The summed E-state index contributed by atoms with van der Waals surface area (Å²) in [6.45, 7) is 4.10. The maximum atomic E-state index is 6.28. The third-order valence-electron chi connectivity index (χ3n) is 3.31. The Balaban J connectivity index is 2.66. The molecule has 2 N–H and O–H groups in total. The van der Waals surface area contributed by atoms with Crippen molar-refractivity contribution in [1.29, 1.82) is 0 Å². The fourth-order valence-electron chi connectivity index (χ4n) is 2.39. The standard InChI is InChI=1S/C13H19NO2/c1-8-7-9(2)11(15-3)12(16-4)10(8)13(14)5-6-13/h7H,5-6,14H2,1-4H3. The molecule has 3 nitrogen and oxygen atoms in total. The minimum absolute atomic E-state index is 0.198. The van der Waals surface area contributed by atoms with Gasteiger partial charge in [0.15, 0.2) is 11.5 Å². The van der Waals surface area contributed by atoms with E-state index in [0.29, 0.717) is 0 Å². The van der Waals surface area contributed by atoms with Crippen molar-refractivity contribution in [1.82, 2.24) is 0 Å². The summed E-state index contributed by atoms with van der Waals surface area (Å²) in [7, 11) is 3.34. The quantitative estimate of drug-likeness (QED) is 0.851. The van der Waals surface area contributed by atoms with Crippen LogP contribution in [0.4, 0.5) is 0 Å². The van der Waals surface area contributed by atoms with E-state index >= 15 is 0 Å². The van der Waals surface area contributed by atoms with Gasteiger partial charge in [0.1, 0.15) is 0 Å². The van der Waals surface area contributed by atoms with Crippen molar-refractivity contribution in [2.24, 2.45) is 5.73 Å². The number of ether oxygens (including phenoxy) is 2. The van der Waals surface area contributed by atoms with Gasteiger partial charge in [-0.05, 0) is 37.8 Å². The van der Waals surface area contributed by atoms with Gasteiger partial charge in [-0.15, -0.1) is 0 Å². The zero-order valence-electron chi connectivity index (χ0n) is 10.4. The van der Waals surface area contributed by atoms with Crippen molar-refractivity contribution >= 4 is 0 Å². The fraction of sp³-hybridized carbons (Fsp3) is 0.538. The molecule has 2 rings (SSSR count). The minimum atomic E-state index is -0.198. The molecule has 0 heterocycles. The Bertz CT molecular complexity index is 422. The molecule has 1 fully saturated rings. The van der Waals surface area contributed by atoms with E-state index < -0.39 is 0 Å². The monoisotopic (exact) mass is 221 g/mol. The highest BCUT2D eigenvalue weighted by Gasteiger charge is 2.44. The van der Waals surface area contributed by atoms with E-state index in [1.807, 2.05) is 6.92 Å². The SMILES string of the molecule is COc1c(C)cc(C)c(C2(N)CC2)c1OC. The molecule has 88 valence electrons. The topological polar surface area (TPSA) is 44.5 Å². The summed E-state index contributed by atoms with van der Waals surface area (Å²) in [4.78, 5) is 0. The lowest BCUT2D eigenvalue weighted by molar-refractivity contribution is 0.346. The highest BCUT2D eigenvalue weighted by Crippen LogP contribution is 2.51. The first-order chi connectivity index (χ1) is 7.53. The van der Waals surface area contributed by atoms with Crippen LogP contribution in [0.25, 0.3) is 0 Å². The smallest absolute Gasteiger partial charge is 0.166 e. The molecule has 0 aromatic heterocycles. The largest absolute Gasteiger partial charge is 0.493 e. The number of rotatable bonds is 3. The molecule has 1 aromatic rings. The molecular formula is C13H19NO2. The zero-order chi connectivity index (χ0) is 11.9. The van der Waals surface area contributed by atoms with Gasteiger partial charge in [0.25, 0.3) is 0 Å². The molecule has 0 amide bonds. The number of aryl methyl sites for hydroxylation is 2. The summed E-state index contributed by atoms with van der Waals surface area (Å²) < 4.78 is 10.9. The van der Waals surface area contributed by atoms with Gasteiger partial charge < -0.3 is 15.2 Å². The van der Waals surface area contributed by atoms with Crippen LogP contribution in [0.3, 0.4) is 0 Å². The average Bonchev–Trinajstić information content (AvgIpc) is 2.95. The Kier molecular flexibility index (Phi) is 2.58. The lowest BCUT2D eigenvalue weighted by Crippen LogP contribution is -2.21. The predicted octanol–water partition coefficient (Wildman–Crippen LogP) is 2.27. The summed E-state index contributed by atoms with van der Waals surface area (Å²) in [6, 6.07) is 2.11. The summed E-state index contributed by atoms with van der Waals surface area (Å²) in [5, 5.41) is 0. The summed E-state index contributed by atoms with van der Waals surface area (Å²) in [6.07, 6.45) is 2.05. The first-order valence-corrected chi connectivity index (χ1v) is 5.55. The molecular weight excluding hydrogens is 202 g/mol. The Morgan fingerprint density at radius 3 is 2.06 bits per heavy atom. The molecule has 0 aliphatic heterocycles. The van der Waals surface area contributed by atoms with Crippen LogP contribution in [0.2, 0.25) is 0 Å². The van der Waals surface area contributed by atoms with Crippen molar-refractivity contribution in [2.75, 3.05) is 14.2 Å². The summed E-state index contributed by atoms with van der Waals surface area (Å²) in [5.41, 5.74) is 9.47. The van der Waals surface area contributed by atoms with E-state index in [9.17, 15) is 0 Å². The lowest BCUT2D eigenvalue weighted by Gasteiger charge is -2.21. The first-order valence-electron chi connectivity index (χ1n) is 5.55. The fourth-order valence-corrected chi connectivity index (χ4v) is 2.39. The molecule has 1 saturated carbocycles. The molecule has 0 spiro atoms.